The van der Waals surface area contributed by atoms with Crippen molar-refractivity contribution < 1.29 is 4.43 Å². The number of rotatable bonds is 6. The summed E-state index contributed by atoms with van der Waals surface area (Å²) >= 11 is 0. The number of hydrogen-bond donors (Lipinski definition) is 0. The van der Waals surface area contributed by atoms with Crippen LogP contribution in [0.2, 0.25) is 0 Å². The van der Waals surface area contributed by atoms with Crippen LogP contribution in [-0.4, -0.2) is 15.4 Å². The van der Waals surface area contributed by atoms with Gasteiger partial charge in [-0.3, -0.25) is 0 Å². The van der Waals surface area contributed by atoms with Crippen molar-refractivity contribution in [2.45, 2.75) is 46.1 Å². The number of terminal acetylenes is 1. The molecule has 0 aliphatic heterocycles. The highest BCUT2D eigenvalue weighted by Gasteiger charge is 2.11. The van der Waals surface area contributed by atoms with Crippen molar-refractivity contribution in [2.75, 3.05) is 0 Å². The van der Waals surface area contributed by atoms with Crippen LogP contribution in [-0.2, 0) is 4.43 Å². The molecule has 0 saturated heterocycles. The average Bonchev–Trinajstić information content (AvgIpc) is 2.17. The molecule has 80 valence electrons. The molecule has 0 heterocycles. The van der Waals surface area contributed by atoms with Crippen LogP contribution in [0.3, 0.4) is 0 Å². The Hall–Kier alpha value is -0.523. The summed E-state index contributed by atoms with van der Waals surface area (Å²) in [7, 11) is -0.578. The normalized spacial score (nSPS) is 15.1. The first kappa shape index (κ1) is 13.5. The van der Waals surface area contributed by atoms with Crippen LogP contribution in [0.1, 0.15) is 40.5 Å². The molecule has 0 aliphatic rings. The van der Waals surface area contributed by atoms with E-state index < -0.39 is 9.76 Å². The molecule has 0 rings (SSSR count). The van der Waals surface area contributed by atoms with Gasteiger partial charge in [-0.25, -0.2) is 0 Å². The fourth-order valence-corrected chi connectivity index (χ4v) is 1.79. The minimum Gasteiger partial charge on any atom is -0.404 e. The minimum atomic E-state index is -0.578. The first-order valence-corrected chi connectivity index (χ1v) is 6.68. The molecule has 0 amide bonds. The maximum Gasteiger partial charge on any atom is 0.186 e. The fraction of sp³-hybridized carbons (Fsp3) is 0.667. The lowest BCUT2D eigenvalue weighted by atomic mass is 10.1. The molecule has 0 aromatic heterocycles. The van der Waals surface area contributed by atoms with Crippen molar-refractivity contribution in [2.24, 2.45) is 5.92 Å². The third-order valence-corrected chi connectivity index (χ3v) is 3.70. The van der Waals surface area contributed by atoms with Crippen LogP contribution in [0.15, 0.2) is 11.8 Å². The van der Waals surface area contributed by atoms with Crippen molar-refractivity contribution in [1.82, 2.24) is 0 Å². The molecular formula is C12H22OSi. The van der Waals surface area contributed by atoms with Crippen molar-refractivity contribution in [3.8, 4) is 12.3 Å². The van der Waals surface area contributed by atoms with Gasteiger partial charge in [0.05, 0.1) is 0 Å². The Morgan fingerprint density at radius 2 is 2.21 bits per heavy atom. The highest BCUT2D eigenvalue weighted by Crippen LogP contribution is 2.08. The second-order valence-electron chi connectivity index (χ2n) is 4.19. The maximum absolute atomic E-state index is 5.61. The Morgan fingerprint density at radius 3 is 2.71 bits per heavy atom. The molecular weight excluding hydrogens is 188 g/mol. The largest absolute Gasteiger partial charge is 0.404 e. The van der Waals surface area contributed by atoms with E-state index in [-0.39, 0.29) is 5.60 Å². The third-order valence-electron chi connectivity index (χ3n) is 2.29. The van der Waals surface area contributed by atoms with Gasteiger partial charge in [0.2, 0.25) is 0 Å². The van der Waals surface area contributed by atoms with Crippen molar-refractivity contribution in [3.05, 3.63) is 11.8 Å². The van der Waals surface area contributed by atoms with Gasteiger partial charge in [-0.1, -0.05) is 38.0 Å². The first-order valence-electron chi connectivity index (χ1n) is 5.28. The van der Waals surface area contributed by atoms with Gasteiger partial charge in [-0.2, -0.15) is 0 Å². The van der Waals surface area contributed by atoms with Gasteiger partial charge in [0, 0.05) is 0 Å². The molecule has 0 fully saturated rings. The molecule has 14 heavy (non-hydrogen) atoms. The van der Waals surface area contributed by atoms with E-state index in [9.17, 15) is 0 Å². The Balaban J connectivity index is 3.60. The van der Waals surface area contributed by atoms with Crippen LogP contribution < -0.4 is 0 Å². The van der Waals surface area contributed by atoms with Gasteiger partial charge in [0.1, 0.15) is 5.60 Å². The summed E-state index contributed by atoms with van der Waals surface area (Å²) in [5.41, 5.74) is 1.80. The molecule has 1 nitrogen and oxygen atoms in total. The highest BCUT2D eigenvalue weighted by atomic mass is 28.2. The van der Waals surface area contributed by atoms with E-state index in [0.717, 1.165) is 12.3 Å². The Labute approximate surface area is 90.9 Å². The first-order chi connectivity index (χ1) is 6.52. The van der Waals surface area contributed by atoms with Gasteiger partial charge in [-0.05, 0) is 26.2 Å². The van der Waals surface area contributed by atoms with Gasteiger partial charge in [0.25, 0.3) is 0 Å². The zero-order valence-corrected chi connectivity index (χ0v) is 11.3. The zero-order chi connectivity index (χ0) is 11.0. The van der Waals surface area contributed by atoms with Crippen molar-refractivity contribution >= 4 is 9.76 Å². The van der Waals surface area contributed by atoms with Gasteiger partial charge >= 0.3 is 0 Å². The molecule has 1 atom stereocenters. The van der Waals surface area contributed by atoms with Crippen LogP contribution in [0.25, 0.3) is 0 Å². The van der Waals surface area contributed by atoms with E-state index in [1.54, 1.807) is 0 Å². The van der Waals surface area contributed by atoms with E-state index in [1.807, 2.05) is 13.8 Å². The monoisotopic (exact) mass is 210 g/mol. The lowest BCUT2D eigenvalue weighted by Crippen LogP contribution is -2.23. The van der Waals surface area contributed by atoms with E-state index in [4.69, 9.17) is 10.8 Å². The fourth-order valence-electron chi connectivity index (χ4n) is 0.861. The van der Waals surface area contributed by atoms with E-state index in [0.29, 0.717) is 0 Å². The average molecular weight is 210 g/mol. The van der Waals surface area contributed by atoms with Crippen LogP contribution >= 0.6 is 0 Å². The van der Waals surface area contributed by atoms with Gasteiger partial charge in [-0.15, -0.1) is 6.42 Å². The van der Waals surface area contributed by atoms with Crippen LogP contribution in [0, 0.1) is 18.3 Å². The lowest BCUT2D eigenvalue weighted by Gasteiger charge is -2.17. The summed E-state index contributed by atoms with van der Waals surface area (Å²) in [6.45, 7) is 8.34. The summed E-state index contributed by atoms with van der Waals surface area (Å²) < 4.78 is 5.61. The second kappa shape index (κ2) is 6.86. The van der Waals surface area contributed by atoms with E-state index in [1.165, 1.54) is 6.42 Å². The van der Waals surface area contributed by atoms with Gasteiger partial charge in [0.15, 0.2) is 9.76 Å². The van der Waals surface area contributed by atoms with Gasteiger partial charge < -0.3 is 4.43 Å². The Morgan fingerprint density at radius 1 is 1.57 bits per heavy atom. The molecule has 2 heteroatoms. The standard InChI is InChI=1S/C12H22OSi/c1-6-11(3)9-8-10-14-13-12(4,5)7-2/h2,8,10-11H,6,9,14H2,1,3-5H3. The van der Waals surface area contributed by atoms with Crippen molar-refractivity contribution in [1.29, 1.82) is 0 Å². The summed E-state index contributed by atoms with van der Waals surface area (Å²) in [5, 5.41) is 0. The lowest BCUT2D eigenvalue weighted by molar-refractivity contribution is 0.185. The smallest absolute Gasteiger partial charge is 0.186 e. The molecule has 0 aliphatic carbocycles. The Bertz CT molecular complexity index is 213. The number of hydrogen-bond acceptors (Lipinski definition) is 1. The summed E-state index contributed by atoms with van der Waals surface area (Å²) in [4.78, 5) is 0. The van der Waals surface area contributed by atoms with Crippen molar-refractivity contribution in [3.63, 3.8) is 0 Å². The number of allylic oxidation sites excluding steroid dienone is 1. The molecule has 0 N–H and O–H groups in total. The van der Waals surface area contributed by atoms with Crippen LogP contribution in [0.5, 0.6) is 0 Å². The highest BCUT2D eigenvalue weighted by molar-refractivity contribution is 6.34. The minimum absolute atomic E-state index is 0.382. The SMILES string of the molecule is C#CC(C)(C)O[SiH2]C=CCC(C)CC. The quantitative estimate of drug-likeness (QED) is 0.483. The van der Waals surface area contributed by atoms with E-state index >= 15 is 0 Å². The second-order valence-corrected chi connectivity index (χ2v) is 5.28. The summed E-state index contributed by atoms with van der Waals surface area (Å²) in [6.07, 6.45) is 9.94. The molecule has 0 radical (unpaired) electrons. The molecule has 0 bridgehead atoms. The maximum atomic E-state index is 5.61. The molecule has 0 aromatic rings. The molecule has 0 saturated carbocycles. The Kier molecular flexibility index (Phi) is 6.60. The van der Waals surface area contributed by atoms with E-state index in [2.05, 4.69) is 31.5 Å². The summed E-state index contributed by atoms with van der Waals surface area (Å²) in [6, 6.07) is 0. The molecule has 0 spiro atoms. The predicted molar refractivity (Wildman–Crippen MR) is 65.8 cm³/mol. The predicted octanol–water partition coefficient (Wildman–Crippen LogP) is 2.45. The molecule has 0 aromatic carbocycles. The van der Waals surface area contributed by atoms with Crippen LogP contribution in [0.4, 0.5) is 0 Å². The zero-order valence-electron chi connectivity index (χ0n) is 9.84. The topological polar surface area (TPSA) is 9.23 Å². The third kappa shape index (κ3) is 6.94. The molecule has 1 unspecified atom stereocenters. The summed E-state index contributed by atoms with van der Waals surface area (Å²) in [5.74, 6) is 3.41.